The molecule has 0 aromatic carbocycles. The average molecular weight is 153 g/mol. The second-order valence-corrected chi connectivity index (χ2v) is 4.29. The van der Waals surface area contributed by atoms with E-state index in [2.05, 4.69) is 19.9 Å². The molecule has 0 aromatic heterocycles. The van der Waals surface area contributed by atoms with Crippen molar-refractivity contribution in [1.82, 2.24) is 0 Å². The quantitative estimate of drug-likeness (QED) is 0.443. The summed E-state index contributed by atoms with van der Waals surface area (Å²) in [5.41, 5.74) is 1.49. The minimum absolute atomic E-state index is 0.701. The summed E-state index contributed by atoms with van der Waals surface area (Å²) in [4.78, 5) is 0. The third-order valence-corrected chi connectivity index (χ3v) is 2.55. The van der Waals surface area contributed by atoms with Crippen LogP contribution in [0.5, 0.6) is 0 Å². The monoisotopic (exact) mass is 153 g/mol. The first kappa shape index (κ1) is 9.45. The van der Waals surface area contributed by atoms with E-state index in [1.54, 1.807) is 0 Å². The second kappa shape index (κ2) is 5.25. The molecule has 0 saturated heterocycles. The lowest BCUT2D eigenvalue weighted by molar-refractivity contribution is 0.836. The molecule has 0 amide bonds. The Bertz CT molecular complexity index is 161. The molecule has 0 fully saturated rings. The van der Waals surface area contributed by atoms with Gasteiger partial charge in [-0.1, -0.05) is 10.8 Å². The van der Waals surface area contributed by atoms with E-state index in [4.69, 9.17) is 5.26 Å². The topological polar surface area (TPSA) is 23.8 Å². The SMILES string of the molecule is CC([SiH3])=C(C)CCCC#N. The number of hydrogen-bond acceptors (Lipinski definition) is 1. The predicted octanol–water partition coefficient (Wildman–Crippen LogP) is 1.34. The Hall–Kier alpha value is -0.553. The van der Waals surface area contributed by atoms with Crippen molar-refractivity contribution in [2.75, 3.05) is 0 Å². The summed E-state index contributed by atoms with van der Waals surface area (Å²) >= 11 is 0. The van der Waals surface area contributed by atoms with Crippen LogP contribution in [0, 0.1) is 11.3 Å². The van der Waals surface area contributed by atoms with Gasteiger partial charge in [0.2, 0.25) is 0 Å². The number of unbranched alkanes of at least 4 members (excludes halogenated alkanes) is 1. The summed E-state index contributed by atoms with van der Waals surface area (Å²) in [6, 6.07) is 2.15. The van der Waals surface area contributed by atoms with Gasteiger partial charge in [0.25, 0.3) is 0 Å². The maximum atomic E-state index is 8.26. The third kappa shape index (κ3) is 4.34. The van der Waals surface area contributed by atoms with Crippen molar-refractivity contribution in [1.29, 1.82) is 5.26 Å². The van der Waals surface area contributed by atoms with Gasteiger partial charge < -0.3 is 0 Å². The number of hydrogen-bond donors (Lipinski definition) is 0. The Balaban J connectivity index is 3.52. The molecule has 0 spiro atoms. The Kier molecular flexibility index (Phi) is 4.96. The number of rotatable bonds is 3. The van der Waals surface area contributed by atoms with Crippen molar-refractivity contribution in [3.8, 4) is 6.07 Å². The minimum atomic E-state index is 0.701. The van der Waals surface area contributed by atoms with Crippen molar-refractivity contribution in [2.24, 2.45) is 0 Å². The van der Waals surface area contributed by atoms with Gasteiger partial charge in [0.1, 0.15) is 0 Å². The van der Waals surface area contributed by atoms with Crippen LogP contribution in [0.2, 0.25) is 0 Å². The summed E-state index contributed by atoms with van der Waals surface area (Å²) in [5, 5.41) is 9.79. The molecular formula is C8H15NSi. The standard InChI is InChI=1S/C8H15NSi/c1-7(8(2)10)5-3-4-6-9/h3-5H2,1-2,10H3. The summed E-state index contributed by atoms with van der Waals surface area (Å²) < 4.78 is 0. The fraction of sp³-hybridized carbons (Fsp3) is 0.625. The molecule has 0 rings (SSSR count). The Morgan fingerprint density at radius 1 is 1.50 bits per heavy atom. The summed E-state index contributed by atoms with van der Waals surface area (Å²) in [6.45, 7) is 4.34. The lowest BCUT2D eigenvalue weighted by atomic mass is 10.1. The number of allylic oxidation sites excluding steroid dienone is 2. The lowest BCUT2D eigenvalue weighted by Gasteiger charge is -1.99. The highest BCUT2D eigenvalue weighted by Gasteiger charge is 1.91. The molecule has 0 saturated carbocycles. The van der Waals surface area contributed by atoms with Gasteiger partial charge in [-0.2, -0.15) is 5.26 Å². The Morgan fingerprint density at radius 3 is 2.50 bits per heavy atom. The maximum Gasteiger partial charge on any atom is 0.0621 e. The molecule has 0 aliphatic rings. The predicted molar refractivity (Wildman–Crippen MR) is 47.8 cm³/mol. The molecule has 0 heterocycles. The molecule has 0 aliphatic heterocycles. The van der Waals surface area contributed by atoms with Gasteiger partial charge in [-0.3, -0.25) is 0 Å². The van der Waals surface area contributed by atoms with Gasteiger partial charge in [0.05, 0.1) is 6.07 Å². The van der Waals surface area contributed by atoms with Gasteiger partial charge in [0.15, 0.2) is 0 Å². The van der Waals surface area contributed by atoms with Crippen molar-refractivity contribution in [3.63, 3.8) is 0 Å². The van der Waals surface area contributed by atoms with Gasteiger partial charge >= 0.3 is 0 Å². The molecule has 2 heteroatoms. The van der Waals surface area contributed by atoms with Crippen LogP contribution in [-0.2, 0) is 0 Å². The van der Waals surface area contributed by atoms with Gasteiger partial charge in [-0.15, -0.1) is 0 Å². The first-order valence-electron chi connectivity index (χ1n) is 3.68. The average Bonchev–Trinajstić information content (AvgIpc) is 1.88. The fourth-order valence-corrected chi connectivity index (χ4v) is 0.933. The fourth-order valence-electron chi connectivity index (χ4n) is 0.683. The van der Waals surface area contributed by atoms with E-state index in [0.29, 0.717) is 6.42 Å². The first-order chi connectivity index (χ1) is 4.68. The van der Waals surface area contributed by atoms with Crippen LogP contribution in [0.15, 0.2) is 10.8 Å². The van der Waals surface area contributed by atoms with Crippen molar-refractivity contribution < 1.29 is 0 Å². The summed E-state index contributed by atoms with van der Waals surface area (Å²) in [5.74, 6) is 0. The van der Waals surface area contributed by atoms with Crippen LogP contribution in [0.4, 0.5) is 0 Å². The van der Waals surface area contributed by atoms with E-state index >= 15 is 0 Å². The van der Waals surface area contributed by atoms with Crippen LogP contribution in [-0.4, -0.2) is 10.2 Å². The Labute approximate surface area is 66.2 Å². The summed E-state index contributed by atoms with van der Waals surface area (Å²) in [6.07, 6.45) is 2.84. The molecule has 0 aliphatic carbocycles. The molecule has 0 bridgehead atoms. The molecule has 56 valence electrons. The van der Waals surface area contributed by atoms with E-state index < -0.39 is 0 Å². The van der Waals surface area contributed by atoms with Crippen molar-refractivity contribution in [3.05, 3.63) is 10.8 Å². The minimum Gasteiger partial charge on any atom is -0.198 e. The third-order valence-electron chi connectivity index (χ3n) is 1.69. The van der Waals surface area contributed by atoms with Crippen LogP contribution < -0.4 is 0 Å². The maximum absolute atomic E-state index is 8.26. The smallest absolute Gasteiger partial charge is 0.0621 e. The molecule has 10 heavy (non-hydrogen) atoms. The van der Waals surface area contributed by atoms with E-state index in [1.165, 1.54) is 21.0 Å². The highest BCUT2D eigenvalue weighted by atomic mass is 28.1. The van der Waals surface area contributed by atoms with Gasteiger partial charge in [-0.25, -0.2) is 0 Å². The van der Waals surface area contributed by atoms with Crippen molar-refractivity contribution >= 4 is 10.2 Å². The zero-order valence-electron chi connectivity index (χ0n) is 7.07. The molecule has 0 radical (unpaired) electrons. The summed E-state index contributed by atoms with van der Waals surface area (Å²) in [7, 11) is 1.17. The van der Waals surface area contributed by atoms with E-state index in [9.17, 15) is 0 Å². The van der Waals surface area contributed by atoms with Crippen molar-refractivity contribution in [2.45, 2.75) is 33.1 Å². The van der Waals surface area contributed by atoms with Crippen LogP contribution in [0.25, 0.3) is 0 Å². The number of nitrogens with zero attached hydrogens (tertiary/aromatic N) is 1. The van der Waals surface area contributed by atoms with Gasteiger partial charge in [0, 0.05) is 16.7 Å². The zero-order chi connectivity index (χ0) is 7.98. The molecule has 0 unspecified atom stereocenters. The first-order valence-corrected chi connectivity index (χ1v) is 4.68. The molecule has 1 nitrogen and oxygen atoms in total. The Morgan fingerprint density at radius 2 is 2.10 bits per heavy atom. The highest BCUT2D eigenvalue weighted by Crippen LogP contribution is 2.08. The van der Waals surface area contributed by atoms with Gasteiger partial charge in [-0.05, 0) is 26.7 Å². The second-order valence-electron chi connectivity index (χ2n) is 2.79. The van der Waals surface area contributed by atoms with Crippen LogP contribution >= 0.6 is 0 Å². The normalized spacial score (nSPS) is 12.5. The van der Waals surface area contributed by atoms with E-state index in [-0.39, 0.29) is 0 Å². The molecule has 0 atom stereocenters. The van der Waals surface area contributed by atoms with E-state index in [0.717, 1.165) is 12.8 Å². The molecule has 0 N–H and O–H groups in total. The number of nitriles is 1. The largest absolute Gasteiger partial charge is 0.198 e. The van der Waals surface area contributed by atoms with E-state index in [1.807, 2.05) is 0 Å². The van der Waals surface area contributed by atoms with Crippen LogP contribution in [0.1, 0.15) is 33.1 Å². The zero-order valence-corrected chi connectivity index (χ0v) is 9.07. The van der Waals surface area contributed by atoms with Crippen LogP contribution in [0.3, 0.4) is 0 Å². The molecular weight excluding hydrogens is 138 g/mol. The lowest BCUT2D eigenvalue weighted by Crippen LogP contribution is -1.83. The highest BCUT2D eigenvalue weighted by molar-refractivity contribution is 6.21. The molecule has 0 aromatic rings.